The second-order valence-electron chi connectivity index (χ2n) is 5.05. The van der Waals surface area contributed by atoms with E-state index < -0.39 is 0 Å². The standard InChI is InChI=1S/C13H19N3S/c1-8-4-5-15-13(11(8)12(14)17)16-6-9(2)10(3)7-16/h4-5,9-10H,6-7H2,1-3H3,(H2,14,17). The number of aromatic nitrogens is 1. The van der Waals surface area contributed by atoms with Crippen LogP contribution in [0.15, 0.2) is 12.3 Å². The Balaban J connectivity index is 2.39. The van der Waals surface area contributed by atoms with Crippen molar-refractivity contribution in [1.82, 2.24) is 4.98 Å². The summed E-state index contributed by atoms with van der Waals surface area (Å²) in [5.74, 6) is 2.33. The van der Waals surface area contributed by atoms with E-state index in [0.29, 0.717) is 16.8 Å². The molecule has 0 aliphatic carbocycles. The Morgan fingerprint density at radius 1 is 1.41 bits per heavy atom. The zero-order valence-corrected chi connectivity index (χ0v) is 11.4. The van der Waals surface area contributed by atoms with E-state index in [9.17, 15) is 0 Å². The highest BCUT2D eigenvalue weighted by atomic mass is 32.1. The quantitative estimate of drug-likeness (QED) is 0.815. The summed E-state index contributed by atoms with van der Waals surface area (Å²) in [4.78, 5) is 7.21. The van der Waals surface area contributed by atoms with Gasteiger partial charge in [-0.15, -0.1) is 0 Å². The number of thiocarbonyl (C=S) groups is 1. The van der Waals surface area contributed by atoms with Gasteiger partial charge in [-0.1, -0.05) is 26.1 Å². The summed E-state index contributed by atoms with van der Waals surface area (Å²) in [5.41, 5.74) is 7.86. The molecule has 2 heterocycles. The van der Waals surface area contributed by atoms with E-state index in [0.717, 1.165) is 30.0 Å². The van der Waals surface area contributed by atoms with Crippen molar-refractivity contribution in [3.63, 3.8) is 0 Å². The van der Waals surface area contributed by atoms with E-state index >= 15 is 0 Å². The fraction of sp³-hybridized carbons (Fsp3) is 0.538. The van der Waals surface area contributed by atoms with Crippen molar-refractivity contribution in [1.29, 1.82) is 0 Å². The molecule has 17 heavy (non-hydrogen) atoms. The molecule has 0 saturated carbocycles. The van der Waals surface area contributed by atoms with Crippen LogP contribution in [0.2, 0.25) is 0 Å². The van der Waals surface area contributed by atoms with Gasteiger partial charge >= 0.3 is 0 Å². The summed E-state index contributed by atoms with van der Waals surface area (Å²) >= 11 is 5.14. The molecule has 1 aliphatic rings. The van der Waals surface area contributed by atoms with E-state index in [-0.39, 0.29) is 0 Å². The Hall–Kier alpha value is -1.16. The number of nitrogens with zero attached hydrogens (tertiary/aromatic N) is 2. The number of nitrogens with two attached hydrogens (primary N) is 1. The smallest absolute Gasteiger partial charge is 0.139 e. The third-order valence-corrected chi connectivity index (χ3v) is 3.88. The molecule has 4 heteroatoms. The Morgan fingerprint density at radius 2 is 2.00 bits per heavy atom. The van der Waals surface area contributed by atoms with E-state index in [4.69, 9.17) is 18.0 Å². The lowest BCUT2D eigenvalue weighted by molar-refractivity contribution is 0.494. The zero-order valence-electron chi connectivity index (χ0n) is 10.6. The van der Waals surface area contributed by atoms with Crippen molar-refractivity contribution in [3.05, 3.63) is 23.4 Å². The van der Waals surface area contributed by atoms with Crippen molar-refractivity contribution in [2.45, 2.75) is 20.8 Å². The first kappa shape index (κ1) is 12.3. The Morgan fingerprint density at radius 3 is 2.53 bits per heavy atom. The summed E-state index contributed by atoms with van der Waals surface area (Å²) in [6.07, 6.45) is 1.83. The molecule has 1 aliphatic heterocycles. The van der Waals surface area contributed by atoms with E-state index in [2.05, 4.69) is 23.7 Å². The molecule has 0 bridgehead atoms. The number of anilines is 1. The van der Waals surface area contributed by atoms with E-state index in [1.165, 1.54) is 0 Å². The van der Waals surface area contributed by atoms with Crippen molar-refractivity contribution >= 4 is 23.0 Å². The molecule has 0 radical (unpaired) electrons. The van der Waals surface area contributed by atoms with Gasteiger partial charge in [0.2, 0.25) is 0 Å². The second-order valence-corrected chi connectivity index (χ2v) is 5.49. The molecule has 2 rings (SSSR count). The maximum Gasteiger partial charge on any atom is 0.139 e. The number of rotatable bonds is 2. The highest BCUT2D eigenvalue weighted by molar-refractivity contribution is 7.80. The second kappa shape index (κ2) is 4.61. The van der Waals surface area contributed by atoms with Gasteiger partial charge in [-0.2, -0.15) is 0 Å². The van der Waals surface area contributed by atoms with E-state index in [1.807, 2.05) is 19.2 Å². The Bertz CT molecular complexity index is 434. The van der Waals surface area contributed by atoms with Crippen LogP contribution in [-0.2, 0) is 0 Å². The van der Waals surface area contributed by atoms with Gasteiger partial charge in [0.05, 0.1) is 5.56 Å². The third kappa shape index (κ3) is 2.27. The molecule has 1 aromatic rings. The fourth-order valence-corrected chi connectivity index (χ4v) is 2.64. The van der Waals surface area contributed by atoms with E-state index in [1.54, 1.807) is 0 Å². The van der Waals surface area contributed by atoms with Crippen LogP contribution in [0.25, 0.3) is 0 Å². The molecule has 1 aromatic heterocycles. The van der Waals surface area contributed by atoms with Gasteiger partial charge in [-0.05, 0) is 30.4 Å². The average molecular weight is 249 g/mol. The normalized spacial score (nSPS) is 24.1. The molecule has 3 nitrogen and oxygen atoms in total. The fourth-order valence-electron chi connectivity index (χ4n) is 2.39. The summed E-state index contributed by atoms with van der Waals surface area (Å²) in [6, 6.07) is 1.96. The van der Waals surface area contributed by atoms with Crippen LogP contribution in [-0.4, -0.2) is 23.1 Å². The lowest BCUT2D eigenvalue weighted by Gasteiger charge is -2.21. The van der Waals surface area contributed by atoms with Crippen LogP contribution in [0.3, 0.4) is 0 Å². The van der Waals surface area contributed by atoms with Crippen LogP contribution in [0.4, 0.5) is 5.82 Å². The van der Waals surface area contributed by atoms with Gasteiger partial charge in [-0.3, -0.25) is 0 Å². The molecule has 2 N–H and O–H groups in total. The molecule has 0 aromatic carbocycles. The lowest BCUT2D eigenvalue weighted by Crippen LogP contribution is -2.25. The van der Waals surface area contributed by atoms with Crippen LogP contribution in [0.5, 0.6) is 0 Å². The molecular formula is C13H19N3S. The average Bonchev–Trinajstić information content (AvgIpc) is 2.58. The zero-order chi connectivity index (χ0) is 12.6. The molecule has 92 valence electrons. The number of hydrogen-bond donors (Lipinski definition) is 1. The summed E-state index contributed by atoms with van der Waals surface area (Å²) in [7, 11) is 0. The van der Waals surface area contributed by atoms with Crippen molar-refractivity contribution in [2.24, 2.45) is 17.6 Å². The topological polar surface area (TPSA) is 42.2 Å². The van der Waals surface area contributed by atoms with Gasteiger partial charge in [0.1, 0.15) is 10.8 Å². The van der Waals surface area contributed by atoms with Crippen molar-refractivity contribution in [2.75, 3.05) is 18.0 Å². The summed E-state index contributed by atoms with van der Waals surface area (Å²) in [6.45, 7) is 8.66. The maximum atomic E-state index is 5.82. The van der Waals surface area contributed by atoms with Crippen LogP contribution in [0.1, 0.15) is 25.0 Å². The van der Waals surface area contributed by atoms with Gasteiger partial charge in [-0.25, -0.2) is 4.98 Å². The van der Waals surface area contributed by atoms with Crippen LogP contribution >= 0.6 is 12.2 Å². The minimum atomic E-state index is 0.442. The first-order valence-electron chi connectivity index (χ1n) is 6.01. The first-order chi connectivity index (χ1) is 8.00. The number of pyridine rings is 1. The van der Waals surface area contributed by atoms with Gasteiger partial charge in [0, 0.05) is 19.3 Å². The number of aryl methyl sites for hydroxylation is 1. The number of hydrogen-bond acceptors (Lipinski definition) is 3. The van der Waals surface area contributed by atoms with Gasteiger partial charge in [0.25, 0.3) is 0 Å². The molecule has 2 atom stereocenters. The molecular weight excluding hydrogens is 230 g/mol. The van der Waals surface area contributed by atoms with Crippen LogP contribution < -0.4 is 10.6 Å². The SMILES string of the molecule is Cc1ccnc(N2CC(C)C(C)C2)c1C(N)=S. The molecule has 2 unspecified atom stereocenters. The summed E-state index contributed by atoms with van der Waals surface area (Å²) in [5, 5.41) is 0. The third-order valence-electron chi connectivity index (χ3n) is 3.67. The predicted octanol–water partition coefficient (Wildman–Crippen LogP) is 2.12. The highest BCUT2D eigenvalue weighted by Gasteiger charge is 2.28. The Labute approximate surface area is 108 Å². The molecule has 1 saturated heterocycles. The Kier molecular flexibility index (Phi) is 3.33. The minimum absolute atomic E-state index is 0.442. The van der Waals surface area contributed by atoms with Gasteiger partial charge < -0.3 is 10.6 Å². The van der Waals surface area contributed by atoms with Gasteiger partial charge in [0.15, 0.2) is 0 Å². The minimum Gasteiger partial charge on any atom is -0.389 e. The lowest BCUT2D eigenvalue weighted by atomic mass is 10.0. The van der Waals surface area contributed by atoms with Crippen molar-refractivity contribution in [3.8, 4) is 0 Å². The maximum absolute atomic E-state index is 5.82. The first-order valence-corrected chi connectivity index (χ1v) is 6.42. The highest BCUT2D eigenvalue weighted by Crippen LogP contribution is 2.29. The molecule has 0 spiro atoms. The monoisotopic (exact) mass is 249 g/mol. The molecule has 1 fully saturated rings. The predicted molar refractivity (Wildman–Crippen MR) is 75.4 cm³/mol. The largest absolute Gasteiger partial charge is 0.389 e. The van der Waals surface area contributed by atoms with Crippen LogP contribution in [0, 0.1) is 18.8 Å². The summed E-state index contributed by atoms with van der Waals surface area (Å²) < 4.78 is 0. The van der Waals surface area contributed by atoms with Crippen molar-refractivity contribution < 1.29 is 0 Å². The molecule has 0 amide bonds.